The third kappa shape index (κ3) is 11.9. The number of unbranched alkanes of at least 4 members (excludes halogenated alkanes) is 1. The van der Waals surface area contributed by atoms with Crippen molar-refractivity contribution >= 4 is 10.0 Å². The zero-order valence-electron chi connectivity index (χ0n) is 9.81. The molecular formula is C9H19F3N2O2S. The minimum atomic E-state index is -4.33. The summed E-state index contributed by atoms with van der Waals surface area (Å²) in [6, 6.07) is 0. The van der Waals surface area contributed by atoms with Gasteiger partial charge in [0.1, 0.15) is 0 Å². The first-order valence-corrected chi connectivity index (χ1v) is 7.17. The lowest BCUT2D eigenvalue weighted by molar-refractivity contribution is -0.132. The fourth-order valence-corrected chi connectivity index (χ4v) is 2.28. The molecule has 8 heteroatoms. The van der Waals surface area contributed by atoms with E-state index in [4.69, 9.17) is 0 Å². The molecule has 0 bridgehead atoms. The van der Waals surface area contributed by atoms with E-state index in [1.165, 1.54) is 0 Å². The molecule has 0 heterocycles. The molecule has 0 aliphatic heterocycles. The van der Waals surface area contributed by atoms with E-state index in [1.807, 2.05) is 11.6 Å². The predicted molar refractivity (Wildman–Crippen MR) is 60.2 cm³/mol. The smallest absolute Gasteiger partial charge is 0.317 e. The summed E-state index contributed by atoms with van der Waals surface area (Å²) in [5.41, 5.74) is 0. The van der Waals surface area contributed by atoms with Crippen molar-refractivity contribution in [2.45, 2.75) is 32.4 Å². The van der Waals surface area contributed by atoms with Crippen LogP contribution in [0.5, 0.6) is 0 Å². The summed E-state index contributed by atoms with van der Waals surface area (Å²) in [7, 11) is -3.57. The van der Waals surface area contributed by atoms with E-state index in [0.29, 0.717) is 19.4 Å². The highest BCUT2D eigenvalue weighted by atomic mass is 32.2. The lowest BCUT2D eigenvalue weighted by atomic mass is 10.3. The highest BCUT2D eigenvalue weighted by molar-refractivity contribution is 7.89. The molecule has 0 aromatic heterocycles. The Hall–Kier alpha value is -0.340. The van der Waals surface area contributed by atoms with E-state index < -0.39 is 29.2 Å². The van der Waals surface area contributed by atoms with Gasteiger partial charge in [-0.3, -0.25) is 0 Å². The third-order valence-corrected chi connectivity index (χ3v) is 3.47. The fourth-order valence-electron chi connectivity index (χ4n) is 1.14. The second-order valence-electron chi connectivity index (χ2n) is 3.64. The van der Waals surface area contributed by atoms with E-state index in [-0.39, 0.29) is 5.75 Å². The van der Waals surface area contributed by atoms with Crippen LogP contribution in [0.2, 0.25) is 0 Å². The average Bonchev–Trinajstić information content (AvgIpc) is 2.14. The monoisotopic (exact) mass is 276 g/mol. The Morgan fingerprint density at radius 2 is 1.76 bits per heavy atom. The highest BCUT2D eigenvalue weighted by Gasteiger charge is 2.27. The average molecular weight is 276 g/mol. The first kappa shape index (κ1) is 16.7. The molecule has 17 heavy (non-hydrogen) atoms. The summed E-state index contributed by atoms with van der Waals surface area (Å²) in [6.45, 7) is 2.89. The molecule has 4 nitrogen and oxygen atoms in total. The van der Waals surface area contributed by atoms with Gasteiger partial charge in [-0.2, -0.15) is 13.2 Å². The molecule has 0 rings (SSSR count). The van der Waals surface area contributed by atoms with Crippen molar-refractivity contribution in [2.24, 2.45) is 0 Å². The van der Waals surface area contributed by atoms with Crippen LogP contribution in [0, 0.1) is 0 Å². The van der Waals surface area contributed by atoms with Crippen molar-refractivity contribution in [1.82, 2.24) is 10.0 Å². The molecule has 0 radical (unpaired) electrons. The Labute approximate surface area is 100 Å². The van der Waals surface area contributed by atoms with Crippen LogP contribution < -0.4 is 10.0 Å². The van der Waals surface area contributed by atoms with Gasteiger partial charge in [-0.15, -0.1) is 0 Å². The predicted octanol–water partition coefficient (Wildman–Crippen LogP) is 1.25. The van der Waals surface area contributed by atoms with Crippen molar-refractivity contribution in [3.63, 3.8) is 0 Å². The maximum Gasteiger partial charge on any atom is 0.390 e. The van der Waals surface area contributed by atoms with Gasteiger partial charge in [-0.1, -0.05) is 6.92 Å². The highest BCUT2D eigenvalue weighted by Crippen LogP contribution is 2.18. The maximum atomic E-state index is 11.8. The first-order valence-electron chi connectivity index (χ1n) is 5.51. The summed E-state index contributed by atoms with van der Waals surface area (Å²) >= 11 is 0. The van der Waals surface area contributed by atoms with Gasteiger partial charge in [0, 0.05) is 6.54 Å². The van der Waals surface area contributed by atoms with Crippen LogP contribution in [0.4, 0.5) is 13.2 Å². The molecule has 0 unspecified atom stereocenters. The van der Waals surface area contributed by atoms with Crippen molar-refractivity contribution in [1.29, 1.82) is 0 Å². The number of halogens is 3. The Morgan fingerprint density at radius 3 is 2.29 bits per heavy atom. The van der Waals surface area contributed by atoms with Gasteiger partial charge in [0.2, 0.25) is 10.0 Å². The number of rotatable bonds is 9. The summed E-state index contributed by atoms with van der Waals surface area (Å²) in [4.78, 5) is 0. The van der Waals surface area contributed by atoms with Crippen molar-refractivity contribution < 1.29 is 21.6 Å². The summed E-state index contributed by atoms with van der Waals surface area (Å²) < 4.78 is 59.8. The second kappa shape index (κ2) is 7.88. The lowest BCUT2D eigenvalue weighted by Gasteiger charge is -2.08. The molecule has 0 fully saturated rings. The largest absolute Gasteiger partial charge is 0.390 e. The van der Waals surface area contributed by atoms with Gasteiger partial charge in [0.15, 0.2) is 0 Å². The molecule has 0 aromatic rings. The van der Waals surface area contributed by atoms with Crippen LogP contribution in [0.25, 0.3) is 0 Å². The van der Waals surface area contributed by atoms with E-state index in [0.717, 1.165) is 6.54 Å². The molecule has 0 atom stereocenters. The van der Waals surface area contributed by atoms with E-state index >= 15 is 0 Å². The quantitative estimate of drug-likeness (QED) is 0.623. The zero-order chi connectivity index (χ0) is 13.4. The standard InChI is InChI=1S/C9H19F3N2O2S/c1-2-13-6-3-4-8-17(15,16)14-7-5-9(10,11)12/h13-14H,2-8H2,1H3. The van der Waals surface area contributed by atoms with Crippen LogP contribution >= 0.6 is 0 Å². The molecule has 0 saturated heterocycles. The Balaban J connectivity index is 3.67. The third-order valence-electron chi connectivity index (χ3n) is 2.00. The number of hydrogen-bond donors (Lipinski definition) is 2. The summed E-state index contributed by atoms with van der Waals surface area (Å²) in [6.07, 6.45) is -4.33. The minimum Gasteiger partial charge on any atom is -0.317 e. The topological polar surface area (TPSA) is 58.2 Å². The van der Waals surface area contributed by atoms with Crippen LogP contribution in [-0.4, -0.2) is 40.0 Å². The van der Waals surface area contributed by atoms with Crippen molar-refractivity contribution in [3.05, 3.63) is 0 Å². The van der Waals surface area contributed by atoms with E-state index in [1.54, 1.807) is 0 Å². The van der Waals surface area contributed by atoms with Gasteiger partial charge < -0.3 is 5.32 Å². The Kier molecular flexibility index (Phi) is 7.73. The normalized spacial score (nSPS) is 12.9. The number of hydrogen-bond acceptors (Lipinski definition) is 3. The van der Waals surface area contributed by atoms with E-state index in [2.05, 4.69) is 5.32 Å². The van der Waals surface area contributed by atoms with Gasteiger partial charge in [-0.25, -0.2) is 13.1 Å². The Bertz CT molecular complexity index is 291. The van der Waals surface area contributed by atoms with Gasteiger partial charge in [0.25, 0.3) is 0 Å². The molecule has 0 aliphatic carbocycles. The first-order chi connectivity index (χ1) is 7.77. The maximum absolute atomic E-state index is 11.8. The molecule has 0 amide bonds. The molecule has 0 saturated carbocycles. The zero-order valence-corrected chi connectivity index (χ0v) is 10.6. The summed E-state index contributed by atoms with van der Waals surface area (Å²) in [5, 5.41) is 3.03. The van der Waals surface area contributed by atoms with Crippen LogP contribution in [0.3, 0.4) is 0 Å². The van der Waals surface area contributed by atoms with Crippen LogP contribution in [0.1, 0.15) is 26.2 Å². The van der Waals surface area contributed by atoms with Crippen LogP contribution in [-0.2, 0) is 10.0 Å². The van der Waals surface area contributed by atoms with Crippen LogP contribution in [0.15, 0.2) is 0 Å². The molecular weight excluding hydrogens is 257 g/mol. The Morgan fingerprint density at radius 1 is 1.12 bits per heavy atom. The minimum absolute atomic E-state index is 0.129. The van der Waals surface area contributed by atoms with Crippen molar-refractivity contribution in [2.75, 3.05) is 25.4 Å². The lowest BCUT2D eigenvalue weighted by Crippen LogP contribution is -2.30. The summed E-state index contributed by atoms with van der Waals surface area (Å²) in [5.74, 6) is -0.129. The second-order valence-corrected chi connectivity index (χ2v) is 5.57. The molecule has 2 N–H and O–H groups in total. The molecule has 0 aromatic carbocycles. The number of nitrogens with one attached hydrogen (secondary N) is 2. The molecule has 0 spiro atoms. The van der Waals surface area contributed by atoms with Gasteiger partial charge in [-0.05, 0) is 25.9 Å². The van der Waals surface area contributed by atoms with E-state index in [9.17, 15) is 21.6 Å². The number of alkyl halides is 3. The van der Waals surface area contributed by atoms with Gasteiger partial charge in [0.05, 0.1) is 12.2 Å². The molecule has 104 valence electrons. The van der Waals surface area contributed by atoms with Gasteiger partial charge >= 0.3 is 6.18 Å². The molecule has 0 aliphatic rings. The SMILES string of the molecule is CCNCCCCS(=O)(=O)NCCC(F)(F)F. The number of sulfonamides is 1. The van der Waals surface area contributed by atoms with Crippen molar-refractivity contribution in [3.8, 4) is 0 Å². The fraction of sp³-hybridized carbons (Fsp3) is 1.00.